The smallest absolute Gasteiger partial charge is 0.243 e. The van der Waals surface area contributed by atoms with Crippen LogP contribution >= 0.6 is 0 Å². The van der Waals surface area contributed by atoms with Crippen molar-refractivity contribution in [1.82, 2.24) is 10.3 Å². The van der Waals surface area contributed by atoms with E-state index in [4.69, 9.17) is 9.47 Å². The van der Waals surface area contributed by atoms with Gasteiger partial charge in [-0.05, 0) is 23.8 Å². The highest BCUT2D eigenvalue weighted by molar-refractivity contribution is 5.96. The maximum Gasteiger partial charge on any atom is 0.243 e. The summed E-state index contributed by atoms with van der Waals surface area (Å²) in [6, 6.07) is 12.8. The Labute approximate surface area is 156 Å². The Balaban J connectivity index is 1.55. The molecular formula is C20H21N3O4. The lowest BCUT2D eigenvalue weighted by Crippen LogP contribution is -2.33. The Morgan fingerprint density at radius 3 is 2.63 bits per heavy atom. The van der Waals surface area contributed by atoms with Crippen molar-refractivity contribution in [2.75, 3.05) is 26.1 Å². The summed E-state index contributed by atoms with van der Waals surface area (Å²) in [4.78, 5) is 27.4. The van der Waals surface area contributed by atoms with Crippen molar-refractivity contribution in [2.45, 2.75) is 6.42 Å². The van der Waals surface area contributed by atoms with Gasteiger partial charge in [0.2, 0.25) is 11.8 Å². The maximum absolute atomic E-state index is 12.2. The second-order valence-corrected chi connectivity index (χ2v) is 5.93. The first kappa shape index (κ1) is 18.3. The van der Waals surface area contributed by atoms with E-state index in [2.05, 4.69) is 15.6 Å². The average molecular weight is 367 g/mol. The van der Waals surface area contributed by atoms with Gasteiger partial charge in [0, 0.05) is 23.2 Å². The molecule has 0 aliphatic carbocycles. The van der Waals surface area contributed by atoms with Gasteiger partial charge in [0.15, 0.2) is 0 Å². The van der Waals surface area contributed by atoms with Crippen LogP contribution in [0.4, 0.5) is 5.69 Å². The molecule has 1 aromatic heterocycles. The highest BCUT2D eigenvalue weighted by atomic mass is 16.5. The van der Waals surface area contributed by atoms with Crippen molar-refractivity contribution >= 4 is 28.4 Å². The molecule has 27 heavy (non-hydrogen) atoms. The van der Waals surface area contributed by atoms with Crippen LogP contribution in [0.3, 0.4) is 0 Å². The number of rotatable bonds is 7. The second-order valence-electron chi connectivity index (χ2n) is 5.93. The molecule has 140 valence electrons. The highest BCUT2D eigenvalue weighted by Gasteiger charge is 2.12. The van der Waals surface area contributed by atoms with Crippen molar-refractivity contribution in [1.29, 1.82) is 0 Å². The van der Waals surface area contributed by atoms with Gasteiger partial charge >= 0.3 is 0 Å². The SMILES string of the molecule is COc1ccc(NC(=O)CNC(=O)Cc2c[nH]c3ccccc23)c(OC)c1. The van der Waals surface area contributed by atoms with E-state index in [1.807, 2.05) is 30.5 Å². The quantitative estimate of drug-likeness (QED) is 0.598. The maximum atomic E-state index is 12.2. The van der Waals surface area contributed by atoms with Gasteiger partial charge in [-0.25, -0.2) is 0 Å². The molecule has 0 saturated heterocycles. The molecule has 0 fully saturated rings. The first-order valence-electron chi connectivity index (χ1n) is 8.44. The molecule has 7 heteroatoms. The summed E-state index contributed by atoms with van der Waals surface area (Å²) in [6.45, 7) is -0.129. The Bertz CT molecular complexity index is 965. The van der Waals surface area contributed by atoms with Crippen LogP contribution in [0.2, 0.25) is 0 Å². The number of hydrogen-bond donors (Lipinski definition) is 3. The van der Waals surface area contributed by atoms with E-state index in [1.165, 1.54) is 7.11 Å². The normalized spacial score (nSPS) is 10.4. The minimum Gasteiger partial charge on any atom is -0.497 e. The summed E-state index contributed by atoms with van der Waals surface area (Å²) < 4.78 is 10.4. The van der Waals surface area contributed by atoms with E-state index < -0.39 is 0 Å². The average Bonchev–Trinajstić information content (AvgIpc) is 3.09. The van der Waals surface area contributed by atoms with E-state index in [-0.39, 0.29) is 24.8 Å². The largest absolute Gasteiger partial charge is 0.497 e. The Morgan fingerprint density at radius 2 is 1.85 bits per heavy atom. The number of benzene rings is 2. The summed E-state index contributed by atoms with van der Waals surface area (Å²) >= 11 is 0. The third kappa shape index (κ3) is 4.38. The third-order valence-electron chi connectivity index (χ3n) is 4.15. The third-order valence-corrected chi connectivity index (χ3v) is 4.15. The van der Waals surface area contributed by atoms with E-state index in [0.717, 1.165) is 16.5 Å². The fraction of sp³-hybridized carbons (Fsp3) is 0.200. The molecule has 7 nitrogen and oxygen atoms in total. The summed E-state index contributed by atoms with van der Waals surface area (Å²) in [5.74, 6) is 0.534. The molecule has 0 spiro atoms. The van der Waals surface area contributed by atoms with E-state index in [9.17, 15) is 9.59 Å². The zero-order valence-corrected chi connectivity index (χ0v) is 15.2. The fourth-order valence-electron chi connectivity index (χ4n) is 2.79. The molecule has 0 aliphatic heterocycles. The molecule has 0 saturated carbocycles. The lowest BCUT2D eigenvalue weighted by Gasteiger charge is -2.12. The van der Waals surface area contributed by atoms with Crippen LogP contribution in [-0.4, -0.2) is 37.6 Å². The predicted molar refractivity (Wildman–Crippen MR) is 103 cm³/mol. The molecule has 3 aromatic rings. The van der Waals surface area contributed by atoms with Gasteiger partial charge in [0.05, 0.1) is 32.9 Å². The Morgan fingerprint density at radius 1 is 1.04 bits per heavy atom. The van der Waals surface area contributed by atoms with Crippen molar-refractivity contribution < 1.29 is 19.1 Å². The number of hydrogen-bond acceptors (Lipinski definition) is 4. The van der Waals surface area contributed by atoms with Crippen LogP contribution < -0.4 is 20.1 Å². The van der Waals surface area contributed by atoms with Gasteiger partial charge in [0.25, 0.3) is 0 Å². The summed E-state index contributed by atoms with van der Waals surface area (Å²) in [7, 11) is 3.06. The standard InChI is InChI=1S/C20H21N3O4/c1-26-14-7-8-17(18(10-14)27-2)23-20(25)12-22-19(24)9-13-11-21-16-6-4-3-5-15(13)16/h3-8,10-11,21H,9,12H2,1-2H3,(H,22,24)(H,23,25). The van der Waals surface area contributed by atoms with Crippen LogP contribution in [-0.2, 0) is 16.0 Å². The summed E-state index contributed by atoms with van der Waals surface area (Å²) in [6.07, 6.45) is 2.01. The van der Waals surface area contributed by atoms with Crippen molar-refractivity contribution in [2.24, 2.45) is 0 Å². The van der Waals surface area contributed by atoms with Gasteiger partial charge in [-0.15, -0.1) is 0 Å². The van der Waals surface area contributed by atoms with Gasteiger partial charge in [-0.3, -0.25) is 9.59 Å². The van der Waals surface area contributed by atoms with E-state index in [0.29, 0.717) is 17.2 Å². The number of nitrogens with one attached hydrogen (secondary N) is 3. The number of H-pyrrole nitrogens is 1. The van der Waals surface area contributed by atoms with Crippen LogP contribution in [0.5, 0.6) is 11.5 Å². The molecule has 0 atom stereocenters. The molecule has 0 bridgehead atoms. The van der Waals surface area contributed by atoms with Crippen LogP contribution in [0.25, 0.3) is 10.9 Å². The van der Waals surface area contributed by atoms with Crippen LogP contribution in [0, 0.1) is 0 Å². The van der Waals surface area contributed by atoms with Gasteiger partial charge in [0.1, 0.15) is 11.5 Å². The first-order valence-corrected chi connectivity index (χ1v) is 8.44. The molecule has 2 aromatic carbocycles. The zero-order valence-electron chi connectivity index (χ0n) is 15.2. The molecule has 3 N–H and O–H groups in total. The molecular weight excluding hydrogens is 346 g/mol. The number of aromatic nitrogens is 1. The number of carbonyl (C=O) groups is 2. The lowest BCUT2D eigenvalue weighted by atomic mass is 10.1. The predicted octanol–water partition coefficient (Wildman–Crippen LogP) is 2.48. The molecule has 0 unspecified atom stereocenters. The number of amides is 2. The second kappa shape index (κ2) is 8.27. The monoisotopic (exact) mass is 367 g/mol. The van der Waals surface area contributed by atoms with Crippen LogP contribution in [0.15, 0.2) is 48.7 Å². The highest BCUT2D eigenvalue weighted by Crippen LogP contribution is 2.28. The Kier molecular flexibility index (Phi) is 5.61. The van der Waals surface area contributed by atoms with Gasteiger partial charge < -0.3 is 25.1 Å². The number of methoxy groups -OCH3 is 2. The van der Waals surface area contributed by atoms with Crippen molar-refractivity contribution in [3.05, 3.63) is 54.2 Å². The number of anilines is 1. The van der Waals surface area contributed by atoms with E-state index in [1.54, 1.807) is 25.3 Å². The minimum atomic E-state index is -0.342. The minimum absolute atomic E-state index is 0.129. The number of fused-ring (bicyclic) bond motifs is 1. The number of carbonyl (C=O) groups excluding carboxylic acids is 2. The summed E-state index contributed by atoms with van der Waals surface area (Å²) in [5, 5.41) is 6.35. The van der Waals surface area contributed by atoms with Gasteiger partial charge in [-0.1, -0.05) is 18.2 Å². The molecule has 3 rings (SSSR count). The number of ether oxygens (including phenoxy) is 2. The number of aromatic amines is 1. The Hall–Kier alpha value is -3.48. The van der Waals surface area contributed by atoms with Gasteiger partial charge in [-0.2, -0.15) is 0 Å². The van der Waals surface area contributed by atoms with Crippen LogP contribution in [0.1, 0.15) is 5.56 Å². The fourth-order valence-corrected chi connectivity index (χ4v) is 2.79. The van der Waals surface area contributed by atoms with Crippen molar-refractivity contribution in [3.63, 3.8) is 0 Å². The zero-order chi connectivity index (χ0) is 19.2. The molecule has 0 radical (unpaired) electrons. The molecule has 2 amide bonds. The van der Waals surface area contributed by atoms with Crippen molar-refractivity contribution in [3.8, 4) is 11.5 Å². The topological polar surface area (TPSA) is 92.5 Å². The van der Waals surface area contributed by atoms with E-state index >= 15 is 0 Å². The molecule has 1 heterocycles. The molecule has 0 aliphatic rings. The lowest BCUT2D eigenvalue weighted by molar-refractivity contribution is -0.123. The first-order chi connectivity index (χ1) is 13.1. The number of para-hydroxylation sites is 1. The summed E-state index contributed by atoms with van der Waals surface area (Å²) in [5.41, 5.74) is 2.37.